The topological polar surface area (TPSA) is 226 Å². The summed E-state index contributed by atoms with van der Waals surface area (Å²) in [7, 11) is -5.16. The van der Waals surface area contributed by atoms with Crippen LogP contribution in [0.2, 0.25) is 0 Å². The summed E-state index contributed by atoms with van der Waals surface area (Å²) < 4.78 is 23.0. The molecule has 68 heavy (non-hydrogen) atoms. The average molecular weight is 988 g/mol. The van der Waals surface area contributed by atoms with Crippen molar-refractivity contribution < 1.29 is 59.0 Å². The van der Waals surface area contributed by atoms with Gasteiger partial charge in [-0.2, -0.15) is 0 Å². The number of carbonyl (C=O) groups excluding carboxylic acids is 1. The maximum Gasteiger partial charge on any atom is 0.472 e. The highest BCUT2D eigenvalue weighted by Crippen LogP contribution is 2.47. The van der Waals surface area contributed by atoms with E-state index < -0.39 is 75.2 Å². The third-order valence-corrected chi connectivity index (χ3v) is 14.2. The van der Waals surface area contributed by atoms with Gasteiger partial charge < -0.3 is 46.0 Å². The Labute approximate surface area is 413 Å². The first-order valence-corrected chi connectivity index (χ1v) is 29.0. The van der Waals surface area contributed by atoms with Crippen LogP contribution in [-0.2, 0) is 18.4 Å². The van der Waals surface area contributed by atoms with Crippen LogP contribution in [0.5, 0.6) is 0 Å². The number of carbonyl (C=O) groups is 1. The monoisotopic (exact) mass is 988 g/mol. The van der Waals surface area contributed by atoms with Crippen LogP contribution in [0.25, 0.3) is 0 Å². The molecular formula is C54H102NO12P. The zero-order valence-corrected chi connectivity index (χ0v) is 43.7. The number of hydrogen-bond acceptors (Lipinski definition) is 11. The quantitative estimate of drug-likeness (QED) is 0.0158. The largest absolute Gasteiger partial charge is 0.472 e. The van der Waals surface area contributed by atoms with Gasteiger partial charge in [-0.25, -0.2) is 4.57 Å². The fourth-order valence-corrected chi connectivity index (χ4v) is 9.69. The second kappa shape index (κ2) is 43.1. The molecule has 8 atom stereocenters. The smallest absolute Gasteiger partial charge is 0.393 e. The molecule has 1 aliphatic carbocycles. The molecule has 1 aliphatic rings. The van der Waals surface area contributed by atoms with Crippen LogP contribution in [0.4, 0.5) is 0 Å². The molecule has 8 unspecified atom stereocenters. The van der Waals surface area contributed by atoms with Gasteiger partial charge in [0, 0.05) is 0 Å². The molecule has 1 saturated carbocycles. The maximum atomic E-state index is 13.1. The van der Waals surface area contributed by atoms with E-state index in [0.717, 1.165) is 64.2 Å². The first-order valence-electron chi connectivity index (χ1n) is 27.5. The van der Waals surface area contributed by atoms with Crippen molar-refractivity contribution in [2.45, 2.75) is 293 Å². The molecule has 9 N–H and O–H groups in total. The van der Waals surface area contributed by atoms with Gasteiger partial charge in [0.05, 0.1) is 31.3 Å². The summed E-state index contributed by atoms with van der Waals surface area (Å²) in [5.41, 5.74) is 0. The van der Waals surface area contributed by atoms with Gasteiger partial charge in [0.1, 0.15) is 36.6 Å². The predicted octanol–water partition coefficient (Wildman–Crippen LogP) is 10.9. The third kappa shape index (κ3) is 34.0. The molecule has 1 rings (SSSR count). The van der Waals surface area contributed by atoms with E-state index in [1.165, 1.54) is 147 Å². The van der Waals surface area contributed by atoms with E-state index >= 15 is 0 Å². The first-order chi connectivity index (χ1) is 32.8. The standard InChI is InChI=1S/C54H102NO12P/c1-3-5-7-9-11-13-15-17-19-21-22-23-24-26-28-30-32-34-36-38-40-42-47(57)46(44-66-68(64,65)67-54-52(62)50(60)49(59)51(61)53(54)63)55-48(58)43-45(56)41-39-37-35-33-31-29-27-25-20-18-16-14-12-10-8-6-4-2/h25,27,32,34,40,42,45-47,49-54,56-57,59-63H,3-24,26,28-31,33,35-39,41,43-44H2,1-2H3,(H,55,58)(H,64,65)/b27-25-,34-32+,42-40+. The van der Waals surface area contributed by atoms with Crippen molar-refractivity contribution in [3.05, 3.63) is 36.5 Å². The minimum absolute atomic E-state index is 0.257. The predicted molar refractivity (Wildman–Crippen MR) is 275 cm³/mol. The van der Waals surface area contributed by atoms with E-state index in [1.54, 1.807) is 6.08 Å². The Morgan fingerprint density at radius 3 is 1.29 bits per heavy atom. The van der Waals surface area contributed by atoms with Gasteiger partial charge in [-0.05, 0) is 57.8 Å². The number of hydrogen-bond donors (Lipinski definition) is 9. The van der Waals surface area contributed by atoms with Gasteiger partial charge in [0.15, 0.2) is 0 Å². The summed E-state index contributed by atoms with van der Waals surface area (Å²) >= 11 is 0. The minimum atomic E-state index is -5.16. The zero-order chi connectivity index (χ0) is 50.1. The summed E-state index contributed by atoms with van der Waals surface area (Å²) in [4.78, 5) is 23.5. The molecule has 0 aromatic rings. The highest BCUT2D eigenvalue weighted by Gasteiger charge is 2.51. The van der Waals surface area contributed by atoms with E-state index in [-0.39, 0.29) is 6.42 Å². The second-order valence-corrected chi connectivity index (χ2v) is 21.0. The van der Waals surface area contributed by atoms with Crippen molar-refractivity contribution in [2.75, 3.05) is 6.61 Å². The highest BCUT2D eigenvalue weighted by atomic mass is 31.2. The van der Waals surface area contributed by atoms with Crippen LogP contribution in [0, 0.1) is 0 Å². The van der Waals surface area contributed by atoms with Gasteiger partial charge in [-0.1, -0.05) is 211 Å². The van der Waals surface area contributed by atoms with Crippen molar-refractivity contribution in [3.8, 4) is 0 Å². The van der Waals surface area contributed by atoms with Crippen LogP contribution < -0.4 is 5.32 Å². The molecular weight excluding hydrogens is 886 g/mol. The molecule has 0 aromatic heterocycles. The van der Waals surface area contributed by atoms with Crippen molar-refractivity contribution in [1.29, 1.82) is 0 Å². The molecule has 0 bridgehead atoms. The first kappa shape index (κ1) is 64.5. The summed E-state index contributed by atoms with van der Waals surface area (Å²) in [6.45, 7) is 3.76. The maximum absolute atomic E-state index is 13.1. The number of nitrogens with one attached hydrogen (secondary N) is 1. The molecule has 0 aromatic carbocycles. The van der Waals surface area contributed by atoms with Crippen molar-refractivity contribution in [2.24, 2.45) is 0 Å². The fraction of sp³-hybridized carbons (Fsp3) is 0.870. The molecule has 13 nitrogen and oxygen atoms in total. The summed E-state index contributed by atoms with van der Waals surface area (Å²) in [6, 6.07) is -1.26. The van der Waals surface area contributed by atoms with Crippen LogP contribution in [0.15, 0.2) is 36.5 Å². The van der Waals surface area contributed by atoms with E-state index in [0.29, 0.717) is 12.8 Å². The zero-order valence-electron chi connectivity index (χ0n) is 42.8. The van der Waals surface area contributed by atoms with Crippen LogP contribution in [0.3, 0.4) is 0 Å². The molecule has 1 amide bonds. The van der Waals surface area contributed by atoms with E-state index in [2.05, 4.69) is 43.5 Å². The number of unbranched alkanes of at least 4 members (excludes halogenated alkanes) is 29. The lowest BCUT2D eigenvalue weighted by atomic mass is 9.85. The lowest BCUT2D eigenvalue weighted by molar-refractivity contribution is -0.220. The average Bonchev–Trinajstić information content (AvgIpc) is 3.31. The summed E-state index contributed by atoms with van der Waals surface area (Å²) in [6.07, 6.45) is 38.0. The number of rotatable bonds is 46. The van der Waals surface area contributed by atoms with E-state index in [1.807, 2.05) is 0 Å². The van der Waals surface area contributed by atoms with Gasteiger partial charge >= 0.3 is 7.82 Å². The number of phosphoric ester groups is 1. The van der Waals surface area contributed by atoms with E-state index in [4.69, 9.17) is 9.05 Å². The molecule has 0 aliphatic heterocycles. The van der Waals surface area contributed by atoms with E-state index in [9.17, 15) is 50.0 Å². The molecule has 1 fully saturated rings. The van der Waals surface area contributed by atoms with Crippen LogP contribution >= 0.6 is 7.82 Å². The number of aliphatic hydroxyl groups excluding tert-OH is 7. The molecule has 0 saturated heterocycles. The Hall–Kier alpha value is -1.48. The van der Waals surface area contributed by atoms with Crippen LogP contribution in [-0.4, -0.2) is 108 Å². The highest BCUT2D eigenvalue weighted by molar-refractivity contribution is 7.47. The SMILES string of the molecule is CCCCCCCCCC/C=C\CCCCCCCC(O)CC(=O)NC(COP(=O)(O)OC1C(O)C(O)C(O)C(O)C1O)C(O)/C=C/CC/C=C/CCCCCCCCCCCCCCCCC. The molecule has 0 radical (unpaired) electrons. The number of aliphatic hydroxyl groups is 7. The number of amides is 1. The summed E-state index contributed by atoms with van der Waals surface area (Å²) in [5.74, 6) is -0.605. The Morgan fingerprint density at radius 2 is 0.868 bits per heavy atom. The molecule has 0 heterocycles. The lowest BCUT2D eigenvalue weighted by Gasteiger charge is -2.41. The normalized spacial score (nSPS) is 22.3. The minimum Gasteiger partial charge on any atom is -0.393 e. The van der Waals surface area contributed by atoms with Crippen LogP contribution in [0.1, 0.15) is 239 Å². The Balaban J connectivity index is 2.48. The molecule has 14 heteroatoms. The Bertz CT molecular complexity index is 1300. The third-order valence-electron chi connectivity index (χ3n) is 13.2. The van der Waals surface area contributed by atoms with Gasteiger partial charge in [-0.15, -0.1) is 0 Å². The lowest BCUT2D eigenvalue weighted by Crippen LogP contribution is -2.64. The van der Waals surface area contributed by atoms with Crippen molar-refractivity contribution in [1.82, 2.24) is 5.32 Å². The summed E-state index contributed by atoms with van der Waals surface area (Å²) in [5, 5.41) is 74.7. The Morgan fingerprint density at radius 1 is 0.515 bits per heavy atom. The fourth-order valence-electron chi connectivity index (χ4n) is 8.72. The van der Waals surface area contributed by atoms with Crippen molar-refractivity contribution in [3.63, 3.8) is 0 Å². The van der Waals surface area contributed by atoms with Crippen molar-refractivity contribution >= 4 is 13.7 Å². The Kier molecular flexibility index (Phi) is 40.9. The van der Waals surface area contributed by atoms with Gasteiger partial charge in [-0.3, -0.25) is 13.8 Å². The van der Waals surface area contributed by atoms with Gasteiger partial charge in [0.25, 0.3) is 0 Å². The molecule has 0 spiro atoms. The number of allylic oxidation sites excluding steroid dienone is 5. The molecule has 400 valence electrons. The number of phosphoric acid groups is 1. The van der Waals surface area contributed by atoms with Gasteiger partial charge in [0.2, 0.25) is 5.91 Å². The second-order valence-electron chi connectivity index (χ2n) is 19.6.